The van der Waals surface area contributed by atoms with E-state index >= 15 is 0 Å². The molecule has 0 radical (unpaired) electrons. The van der Waals surface area contributed by atoms with Crippen LogP contribution >= 0.6 is 0 Å². The summed E-state index contributed by atoms with van der Waals surface area (Å²) in [7, 11) is 7.10. The van der Waals surface area contributed by atoms with Gasteiger partial charge in [-0.25, -0.2) is 0 Å². The molecule has 0 saturated heterocycles. The van der Waals surface area contributed by atoms with Crippen LogP contribution in [0.5, 0.6) is 0 Å². The van der Waals surface area contributed by atoms with Gasteiger partial charge in [-0.2, -0.15) is 0 Å². The van der Waals surface area contributed by atoms with Crippen molar-refractivity contribution in [3.8, 4) is 0 Å². The predicted octanol–water partition coefficient (Wildman–Crippen LogP) is 1.71. The van der Waals surface area contributed by atoms with Crippen LogP contribution in [0.3, 0.4) is 0 Å². The molecule has 0 amide bonds. The molecule has 5 nitrogen and oxygen atoms in total. The van der Waals surface area contributed by atoms with Crippen molar-refractivity contribution in [2.45, 2.75) is 25.2 Å². The summed E-state index contributed by atoms with van der Waals surface area (Å²) in [5.74, 6) is -0.227. The molecule has 0 heterocycles. The fraction of sp³-hybridized carbons (Fsp3) is 0.562. The summed E-state index contributed by atoms with van der Waals surface area (Å²) in [5, 5.41) is 0. The average molecular weight is 295 g/mol. The number of esters is 1. The minimum Gasteiger partial charge on any atom is -0.465 e. The van der Waals surface area contributed by atoms with E-state index in [1.807, 2.05) is 49.3 Å². The van der Waals surface area contributed by atoms with E-state index in [1.54, 1.807) is 14.2 Å². The smallest absolute Gasteiger partial charge is 0.310 e. The van der Waals surface area contributed by atoms with Gasteiger partial charge in [0.2, 0.25) is 0 Å². The van der Waals surface area contributed by atoms with Crippen LogP contribution in [0, 0.1) is 0 Å². The molecular weight excluding hydrogens is 270 g/mol. The number of rotatable bonds is 9. The van der Waals surface area contributed by atoms with Gasteiger partial charge < -0.3 is 14.2 Å². The van der Waals surface area contributed by atoms with Crippen molar-refractivity contribution in [3.63, 3.8) is 0 Å². The number of hydrogen-bond donors (Lipinski definition) is 0. The third kappa shape index (κ3) is 6.25. The second-order valence-corrected chi connectivity index (χ2v) is 5.04. The van der Waals surface area contributed by atoms with Crippen molar-refractivity contribution in [2.24, 2.45) is 0 Å². The van der Waals surface area contributed by atoms with E-state index in [4.69, 9.17) is 14.2 Å². The van der Waals surface area contributed by atoms with Crippen LogP contribution in [-0.4, -0.2) is 58.1 Å². The number of carbonyl (C=O) groups excluding carboxylic acids is 1. The molecule has 0 bridgehead atoms. The Bertz CT molecular complexity index is 408. The SMILES string of the molecule is COC(CCOC(=O)Cc1ccccc1)C(OC)N(C)C. The van der Waals surface area contributed by atoms with E-state index in [9.17, 15) is 4.79 Å². The summed E-state index contributed by atoms with van der Waals surface area (Å²) < 4.78 is 16.0. The molecule has 1 aromatic rings. The van der Waals surface area contributed by atoms with Crippen LogP contribution in [0.2, 0.25) is 0 Å². The number of nitrogens with zero attached hydrogens (tertiary/aromatic N) is 1. The first-order valence-electron chi connectivity index (χ1n) is 7.00. The predicted molar refractivity (Wildman–Crippen MR) is 81.0 cm³/mol. The minimum atomic E-state index is -0.227. The summed E-state index contributed by atoms with van der Waals surface area (Å²) in [6, 6.07) is 9.55. The molecule has 118 valence electrons. The lowest BCUT2D eigenvalue weighted by molar-refractivity contribution is -0.146. The fourth-order valence-electron chi connectivity index (χ4n) is 2.17. The summed E-state index contributed by atoms with van der Waals surface area (Å²) in [6.45, 7) is 0.317. The molecule has 0 aliphatic rings. The van der Waals surface area contributed by atoms with Gasteiger partial charge >= 0.3 is 5.97 Å². The van der Waals surface area contributed by atoms with Crippen LogP contribution in [0.1, 0.15) is 12.0 Å². The second kappa shape index (κ2) is 9.50. The maximum Gasteiger partial charge on any atom is 0.310 e. The average Bonchev–Trinajstić information content (AvgIpc) is 2.47. The minimum absolute atomic E-state index is 0.144. The first-order chi connectivity index (χ1) is 10.1. The number of hydrogen-bond acceptors (Lipinski definition) is 5. The summed E-state index contributed by atoms with van der Waals surface area (Å²) >= 11 is 0. The van der Waals surface area contributed by atoms with E-state index < -0.39 is 0 Å². The third-order valence-corrected chi connectivity index (χ3v) is 3.23. The molecule has 0 spiro atoms. The van der Waals surface area contributed by atoms with Gasteiger partial charge in [-0.1, -0.05) is 30.3 Å². The normalized spacial score (nSPS) is 14.0. The van der Waals surface area contributed by atoms with Gasteiger partial charge in [-0.15, -0.1) is 0 Å². The third-order valence-electron chi connectivity index (χ3n) is 3.23. The number of likely N-dealkylation sites (N-methyl/N-ethyl adjacent to an activating group) is 1. The van der Waals surface area contributed by atoms with Gasteiger partial charge in [-0.3, -0.25) is 9.69 Å². The van der Waals surface area contributed by atoms with Gasteiger partial charge in [0.25, 0.3) is 0 Å². The molecule has 0 aliphatic carbocycles. The van der Waals surface area contributed by atoms with Gasteiger partial charge in [-0.05, 0) is 19.7 Å². The molecule has 0 aliphatic heterocycles. The fourth-order valence-corrected chi connectivity index (χ4v) is 2.17. The van der Waals surface area contributed by atoms with Gasteiger partial charge in [0.15, 0.2) is 0 Å². The zero-order valence-corrected chi connectivity index (χ0v) is 13.2. The Hall–Kier alpha value is -1.43. The number of methoxy groups -OCH3 is 2. The van der Waals surface area contributed by atoms with Crippen molar-refractivity contribution < 1.29 is 19.0 Å². The molecular formula is C16H25NO4. The van der Waals surface area contributed by atoms with Crippen LogP contribution < -0.4 is 0 Å². The number of benzene rings is 1. The summed E-state index contributed by atoms with van der Waals surface area (Å²) in [4.78, 5) is 13.7. The van der Waals surface area contributed by atoms with E-state index in [0.717, 1.165) is 5.56 Å². The lowest BCUT2D eigenvalue weighted by Gasteiger charge is -2.29. The molecule has 0 fully saturated rings. The molecule has 1 aromatic carbocycles. The topological polar surface area (TPSA) is 48.0 Å². The Balaban J connectivity index is 2.35. The number of carbonyl (C=O) groups is 1. The van der Waals surface area contributed by atoms with Gasteiger partial charge in [0.1, 0.15) is 12.3 Å². The molecule has 1 rings (SSSR count). The molecule has 2 atom stereocenters. The van der Waals surface area contributed by atoms with Crippen LogP contribution in [0.4, 0.5) is 0 Å². The monoisotopic (exact) mass is 295 g/mol. The Kier molecular flexibility index (Phi) is 7.97. The molecule has 0 saturated carbocycles. The lowest BCUT2D eigenvalue weighted by atomic mass is 10.1. The lowest BCUT2D eigenvalue weighted by Crippen LogP contribution is -2.42. The highest BCUT2D eigenvalue weighted by molar-refractivity contribution is 5.72. The van der Waals surface area contributed by atoms with E-state index in [2.05, 4.69) is 0 Å². The zero-order valence-electron chi connectivity index (χ0n) is 13.2. The maximum atomic E-state index is 11.8. The zero-order chi connectivity index (χ0) is 15.7. The van der Waals surface area contributed by atoms with Gasteiger partial charge in [0.05, 0.1) is 13.0 Å². The largest absolute Gasteiger partial charge is 0.465 e. The van der Waals surface area contributed by atoms with Crippen molar-refractivity contribution in [1.29, 1.82) is 0 Å². The van der Waals surface area contributed by atoms with Crippen molar-refractivity contribution in [2.75, 3.05) is 34.9 Å². The quantitative estimate of drug-likeness (QED) is 0.513. The Labute approximate surface area is 126 Å². The van der Waals surface area contributed by atoms with Gasteiger partial charge in [0, 0.05) is 20.6 Å². The second-order valence-electron chi connectivity index (χ2n) is 5.04. The number of ether oxygens (including phenoxy) is 3. The molecule has 2 unspecified atom stereocenters. The van der Waals surface area contributed by atoms with E-state index in [0.29, 0.717) is 19.4 Å². The highest BCUT2D eigenvalue weighted by Gasteiger charge is 2.23. The first-order valence-corrected chi connectivity index (χ1v) is 7.00. The van der Waals surface area contributed by atoms with Crippen LogP contribution in [-0.2, 0) is 25.4 Å². The molecule has 0 aromatic heterocycles. The Morgan fingerprint density at radius 2 is 1.81 bits per heavy atom. The summed E-state index contributed by atoms with van der Waals surface area (Å²) in [5.41, 5.74) is 0.953. The van der Waals surface area contributed by atoms with Crippen molar-refractivity contribution in [1.82, 2.24) is 4.90 Å². The molecule has 5 heteroatoms. The Morgan fingerprint density at radius 1 is 1.14 bits per heavy atom. The van der Waals surface area contributed by atoms with Crippen LogP contribution in [0.15, 0.2) is 30.3 Å². The molecule has 21 heavy (non-hydrogen) atoms. The first kappa shape index (κ1) is 17.6. The Morgan fingerprint density at radius 3 is 2.33 bits per heavy atom. The highest BCUT2D eigenvalue weighted by atomic mass is 16.5. The standard InChI is InChI=1S/C16H25NO4/c1-17(2)16(20-4)14(19-3)10-11-21-15(18)12-13-8-6-5-7-9-13/h5-9,14,16H,10-12H2,1-4H3. The summed E-state index contributed by atoms with van der Waals surface area (Å²) in [6.07, 6.45) is 0.575. The van der Waals surface area contributed by atoms with E-state index in [1.165, 1.54) is 0 Å². The highest BCUT2D eigenvalue weighted by Crippen LogP contribution is 2.10. The van der Waals surface area contributed by atoms with Crippen molar-refractivity contribution >= 4 is 5.97 Å². The van der Waals surface area contributed by atoms with Crippen LogP contribution in [0.25, 0.3) is 0 Å². The molecule has 0 N–H and O–H groups in total. The maximum absolute atomic E-state index is 11.8. The van der Waals surface area contributed by atoms with E-state index in [-0.39, 0.29) is 18.3 Å². The van der Waals surface area contributed by atoms with Crippen molar-refractivity contribution in [3.05, 3.63) is 35.9 Å².